The lowest BCUT2D eigenvalue weighted by Gasteiger charge is -2.24. The standard InChI is InChI=1S/C18H22O6/c1-11-4-7-14(16(8-11)23-3)24-17(10-19)18(21)12-5-6-13(20)15(9-12)22-2/h4-9,17-21H,10H2,1-3H3. The molecule has 0 fully saturated rings. The summed E-state index contributed by atoms with van der Waals surface area (Å²) in [4.78, 5) is 0. The highest BCUT2D eigenvalue weighted by atomic mass is 16.5. The molecule has 6 heteroatoms. The zero-order valence-corrected chi connectivity index (χ0v) is 13.9. The van der Waals surface area contributed by atoms with E-state index in [1.54, 1.807) is 18.2 Å². The Kier molecular flexibility index (Phi) is 5.89. The molecule has 0 aliphatic heterocycles. The van der Waals surface area contributed by atoms with Crippen LogP contribution in [0, 0.1) is 6.92 Å². The molecule has 6 nitrogen and oxygen atoms in total. The van der Waals surface area contributed by atoms with Gasteiger partial charge in [-0.1, -0.05) is 12.1 Å². The number of phenolic OH excluding ortho intramolecular Hbond substituents is 1. The molecule has 0 amide bonds. The summed E-state index contributed by atoms with van der Waals surface area (Å²) >= 11 is 0. The smallest absolute Gasteiger partial charge is 0.161 e. The Hall–Kier alpha value is -2.44. The lowest BCUT2D eigenvalue weighted by molar-refractivity contribution is -0.000520. The van der Waals surface area contributed by atoms with Crippen molar-refractivity contribution in [3.05, 3.63) is 47.5 Å². The van der Waals surface area contributed by atoms with E-state index in [4.69, 9.17) is 14.2 Å². The molecule has 2 rings (SSSR count). The summed E-state index contributed by atoms with van der Waals surface area (Å²) in [5, 5.41) is 29.8. The van der Waals surface area contributed by atoms with Gasteiger partial charge >= 0.3 is 0 Å². The number of ether oxygens (including phenoxy) is 3. The second-order valence-corrected chi connectivity index (χ2v) is 5.37. The summed E-state index contributed by atoms with van der Waals surface area (Å²) < 4.78 is 16.0. The van der Waals surface area contributed by atoms with E-state index >= 15 is 0 Å². The number of hydrogen-bond donors (Lipinski definition) is 3. The van der Waals surface area contributed by atoms with Gasteiger partial charge in [-0.25, -0.2) is 0 Å². The second-order valence-electron chi connectivity index (χ2n) is 5.37. The van der Waals surface area contributed by atoms with Crippen LogP contribution in [0.4, 0.5) is 0 Å². The minimum Gasteiger partial charge on any atom is -0.504 e. The fraction of sp³-hybridized carbons (Fsp3) is 0.333. The number of benzene rings is 2. The van der Waals surface area contributed by atoms with Crippen molar-refractivity contribution in [2.45, 2.75) is 19.1 Å². The first kappa shape index (κ1) is 17.9. The van der Waals surface area contributed by atoms with Crippen LogP contribution < -0.4 is 14.2 Å². The van der Waals surface area contributed by atoms with E-state index in [9.17, 15) is 15.3 Å². The first-order valence-electron chi connectivity index (χ1n) is 7.47. The highest BCUT2D eigenvalue weighted by Gasteiger charge is 2.24. The van der Waals surface area contributed by atoms with Gasteiger partial charge in [-0.15, -0.1) is 0 Å². The van der Waals surface area contributed by atoms with E-state index in [1.807, 2.05) is 13.0 Å². The van der Waals surface area contributed by atoms with Crippen molar-refractivity contribution in [2.75, 3.05) is 20.8 Å². The number of aliphatic hydroxyl groups is 2. The summed E-state index contributed by atoms with van der Waals surface area (Å²) in [5.41, 5.74) is 1.46. The van der Waals surface area contributed by atoms with E-state index in [0.29, 0.717) is 17.1 Å². The van der Waals surface area contributed by atoms with Crippen LogP contribution in [0.3, 0.4) is 0 Å². The topological polar surface area (TPSA) is 88.4 Å². The molecule has 0 aliphatic rings. The molecule has 0 spiro atoms. The molecule has 2 atom stereocenters. The zero-order chi connectivity index (χ0) is 17.7. The number of rotatable bonds is 7. The van der Waals surface area contributed by atoms with E-state index < -0.39 is 18.8 Å². The summed E-state index contributed by atoms with van der Waals surface area (Å²) in [6.45, 7) is 1.52. The quantitative estimate of drug-likeness (QED) is 0.719. The molecule has 130 valence electrons. The predicted molar refractivity (Wildman–Crippen MR) is 88.9 cm³/mol. The van der Waals surface area contributed by atoms with Crippen molar-refractivity contribution in [1.82, 2.24) is 0 Å². The van der Waals surface area contributed by atoms with Gasteiger partial charge in [-0.2, -0.15) is 0 Å². The molecule has 24 heavy (non-hydrogen) atoms. The van der Waals surface area contributed by atoms with Crippen molar-refractivity contribution in [3.63, 3.8) is 0 Å². The highest BCUT2D eigenvalue weighted by molar-refractivity contribution is 5.44. The average Bonchev–Trinajstić information content (AvgIpc) is 2.60. The van der Waals surface area contributed by atoms with Gasteiger partial charge in [0.05, 0.1) is 20.8 Å². The zero-order valence-electron chi connectivity index (χ0n) is 13.9. The number of phenols is 1. The van der Waals surface area contributed by atoms with Gasteiger partial charge in [0.1, 0.15) is 6.10 Å². The molecule has 0 aromatic heterocycles. The molecule has 0 heterocycles. The summed E-state index contributed by atoms with van der Waals surface area (Å²) in [6.07, 6.45) is -2.02. The van der Waals surface area contributed by atoms with Gasteiger partial charge in [0.2, 0.25) is 0 Å². The first-order valence-corrected chi connectivity index (χ1v) is 7.47. The summed E-state index contributed by atoms with van der Waals surface area (Å²) in [7, 11) is 2.94. The van der Waals surface area contributed by atoms with Gasteiger partial charge in [-0.05, 0) is 42.3 Å². The minimum absolute atomic E-state index is 0.0323. The van der Waals surface area contributed by atoms with Crippen LogP contribution >= 0.6 is 0 Å². The van der Waals surface area contributed by atoms with Crippen molar-refractivity contribution < 1.29 is 29.5 Å². The Morgan fingerprint density at radius 2 is 1.67 bits per heavy atom. The molecule has 0 aliphatic carbocycles. The Morgan fingerprint density at radius 3 is 2.29 bits per heavy atom. The molecule has 2 aromatic rings. The fourth-order valence-corrected chi connectivity index (χ4v) is 2.33. The lowest BCUT2D eigenvalue weighted by atomic mass is 10.0. The van der Waals surface area contributed by atoms with Crippen LogP contribution in [0.5, 0.6) is 23.0 Å². The van der Waals surface area contributed by atoms with Gasteiger partial charge < -0.3 is 29.5 Å². The van der Waals surface area contributed by atoms with Crippen molar-refractivity contribution in [1.29, 1.82) is 0 Å². The van der Waals surface area contributed by atoms with Crippen molar-refractivity contribution >= 4 is 0 Å². The molecule has 3 N–H and O–H groups in total. The number of aryl methyl sites for hydroxylation is 1. The molecule has 2 aromatic carbocycles. The average molecular weight is 334 g/mol. The molecule has 0 bridgehead atoms. The lowest BCUT2D eigenvalue weighted by Crippen LogP contribution is -2.29. The van der Waals surface area contributed by atoms with Gasteiger partial charge in [0, 0.05) is 0 Å². The SMILES string of the molecule is COc1cc(C(O)C(CO)Oc2ccc(C)cc2OC)ccc1O. The summed E-state index contributed by atoms with van der Waals surface area (Å²) in [6, 6.07) is 9.83. The van der Waals surface area contributed by atoms with Crippen LogP contribution in [0.2, 0.25) is 0 Å². The Balaban J connectivity index is 2.25. The minimum atomic E-state index is -1.12. The van der Waals surface area contributed by atoms with Crippen LogP contribution in [0.1, 0.15) is 17.2 Å². The Bertz CT molecular complexity index is 685. The van der Waals surface area contributed by atoms with E-state index in [2.05, 4.69) is 0 Å². The van der Waals surface area contributed by atoms with Crippen LogP contribution in [-0.2, 0) is 0 Å². The molecule has 0 saturated heterocycles. The van der Waals surface area contributed by atoms with Crippen LogP contribution in [0.15, 0.2) is 36.4 Å². The van der Waals surface area contributed by atoms with Gasteiger partial charge in [0.15, 0.2) is 29.1 Å². The van der Waals surface area contributed by atoms with Crippen molar-refractivity contribution in [2.24, 2.45) is 0 Å². The summed E-state index contributed by atoms with van der Waals surface area (Å²) in [5.74, 6) is 1.14. The normalized spacial score (nSPS) is 13.2. The molecule has 0 radical (unpaired) electrons. The van der Waals surface area contributed by atoms with Crippen LogP contribution in [0.25, 0.3) is 0 Å². The second kappa shape index (κ2) is 7.90. The van der Waals surface area contributed by atoms with Crippen molar-refractivity contribution in [3.8, 4) is 23.0 Å². The fourth-order valence-electron chi connectivity index (χ4n) is 2.33. The number of aliphatic hydroxyl groups excluding tert-OH is 2. The maximum absolute atomic E-state index is 10.5. The monoisotopic (exact) mass is 334 g/mol. The van der Waals surface area contributed by atoms with Gasteiger partial charge in [-0.3, -0.25) is 0 Å². The van der Waals surface area contributed by atoms with E-state index in [1.165, 1.54) is 26.4 Å². The third-order valence-electron chi connectivity index (χ3n) is 3.67. The maximum Gasteiger partial charge on any atom is 0.161 e. The molecular formula is C18H22O6. The number of methoxy groups -OCH3 is 2. The molecule has 0 saturated carbocycles. The highest BCUT2D eigenvalue weighted by Crippen LogP contribution is 2.33. The molecular weight excluding hydrogens is 312 g/mol. The Labute approximate surface area is 140 Å². The van der Waals surface area contributed by atoms with Gasteiger partial charge in [0.25, 0.3) is 0 Å². The van der Waals surface area contributed by atoms with E-state index in [-0.39, 0.29) is 11.5 Å². The van der Waals surface area contributed by atoms with E-state index in [0.717, 1.165) is 5.56 Å². The maximum atomic E-state index is 10.5. The Morgan fingerprint density at radius 1 is 0.958 bits per heavy atom. The number of aromatic hydroxyl groups is 1. The first-order chi connectivity index (χ1) is 11.5. The third-order valence-corrected chi connectivity index (χ3v) is 3.67. The third kappa shape index (κ3) is 3.90. The van der Waals surface area contributed by atoms with Crippen LogP contribution in [-0.4, -0.2) is 42.3 Å². The number of hydrogen-bond acceptors (Lipinski definition) is 6. The molecule has 2 unspecified atom stereocenters. The largest absolute Gasteiger partial charge is 0.504 e. The predicted octanol–water partition coefficient (Wildman–Crippen LogP) is 2.19.